The minimum absolute atomic E-state index is 0.415. The monoisotopic (exact) mass is 436 g/mol. The van der Waals surface area contributed by atoms with Crippen molar-refractivity contribution in [1.82, 2.24) is 15.0 Å². The molecule has 0 unspecified atom stereocenters. The number of benzene rings is 2. The minimum atomic E-state index is -0.415. The summed E-state index contributed by atoms with van der Waals surface area (Å²) < 4.78 is 5.99. The number of hydrogen-bond donors (Lipinski definition) is 2. The Morgan fingerprint density at radius 1 is 0.970 bits per heavy atom. The number of amides is 2. The molecule has 0 saturated heterocycles. The Morgan fingerprint density at radius 3 is 2.58 bits per heavy atom. The third kappa shape index (κ3) is 5.48. The first-order valence-corrected chi connectivity index (χ1v) is 10.3. The van der Waals surface area contributed by atoms with Crippen molar-refractivity contribution in [3.05, 3.63) is 90.5 Å². The van der Waals surface area contributed by atoms with Crippen LogP contribution in [0.3, 0.4) is 0 Å². The van der Waals surface area contributed by atoms with Crippen LogP contribution in [0.2, 0.25) is 0 Å². The molecule has 2 aromatic heterocycles. The van der Waals surface area contributed by atoms with Gasteiger partial charge in [0.15, 0.2) is 0 Å². The fourth-order valence-electron chi connectivity index (χ4n) is 3.06. The van der Waals surface area contributed by atoms with Crippen LogP contribution in [-0.4, -0.2) is 21.0 Å². The van der Waals surface area contributed by atoms with E-state index in [4.69, 9.17) is 10.00 Å². The van der Waals surface area contributed by atoms with Gasteiger partial charge in [0.2, 0.25) is 5.88 Å². The van der Waals surface area contributed by atoms with Gasteiger partial charge in [-0.05, 0) is 60.7 Å². The molecule has 4 rings (SSSR count). The number of rotatable bonds is 6. The van der Waals surface area contributed by atoms with Gasteiger partial charge < -0.3 is 15.4 Å². The molecule has 2 N–H and O–H groups in total. The van der Waals surface area contributed by atoms with Crippen LogP contribution in [0, 0.1) is 11.3 Å². The summed E-state index contributed by atoms with van der Waals surface area (Å²) in [7, 11) is 0. The Hall–Kier alpha value is -4.77. The lowest BCUT2D eigenvalue weighted by Crippen LogP contribution is -2.19. The van der Waals surface area contributed by atoms with Crippen molar-refractivity contribution in [3.63, 3.8) is 0 Å². The highest BCUT2D eigenvalue weighted by Gasteiger charge is 2.11. The summed E-state index contributed by atoms with van der Waals surface area (Å²) in [5.41, 5.74) is 3.08. The molecule has 0 saturated carbocycles. The third-order valence-electron chi connectivity index (χ3n) is 4.65. The lowest BCUT2D eigenvalue weighted by Gasteiger charge is -2.11. The number of nitriles is 1. The highest BCUT2D eigenvalue weighted by molar-refractivity contribution is 5.99. The second-order valence-electron chi connectivity index (χ2n) is 6.97. The third-order valence-corrected chi connectivity index (χ3v) is 4.65. The number of aryl methyl sites for hydroxylation is 1. The second kappa shape index (κ2) is 10.0. The fourth-order valence-corrected chi connectivity index (χ4v) is 3.06. The number of pyridine rings is 1. The van der Waals surface area contributed by atoms with Gasteiger partial charge in [-0.15, -0.1) is 0 Å². The number of carbonyl (C=O) groups excluding carboxylic acids is 1. The molecule has 0 fully saturated rings. The second-order valence-corrected chi connectivity index (χ2v) is 6.97. The van der Waals surface area contributed by atoms with Gasteiger partial charge in [-0.25, -0.2) is 19.7 Å². The summed E-state index contributed by atoms with van der Waals surface area (Å²) in [6.07, 6.45) is 4.11. The summed E-state index contributed by atoms with van der Waals surface area (Å²) in [6, 6.07) is 20.8. The molecule has 4 aromatic rings. The van der Waals surface area contributed by atoms with Crippen LogP contribution in [0.1, 0.15) is 18.3 Å². The normalized spacial score (nSPS) is 10.2. The van der Waals surface area contributed by atoms with Crippen molar-refractivity contribution in [3.8, 4) is 29.0 Å². The number of nitrogens with zero attached hydrogens (tertiary/aromatic N) is 4. The zero-order valence-electron chi connectivity index (χ0n) is 17.8. The highest BCUT2D eigenvalue weighted by Crippen LogP contribution is 2.30. The molecule has 162 valence electrons. The van der Waals surface area contributed by atoms with Gasteiger partial charge in [-0.1, -0.05) is 13.0 Å². The van der Waals surface area contributed by atoms with Crippen LogP contribution in [0.5, 0.6) is 11.6 Å². The van der Waals surface area contributed by atoms with E-state index in [1.807, 2.05) is 31.2 Å². The summed E-state index contributed by atoms with van der Waals surface area (Å²) in [5.74, 6) is 1.73. The lowest BCUT2D eigenvalue weighted by atomic mass is 10.2. The van der Waals surface area contributed by atoms with Crippen LogP contribution in [0.4, 0.5) is 16.2 Å². The maximum absolute atomic E-state index is 12.3. The van der Waals surface area contributed by atoms with E-state index in [-0.39, 0.29) is 0 Å². The van der Waals surface area contributed by atoms with Gasteiger partial charge >= 0.3 is 6.03 Å². The molecule has 0 spiro atoms. The molecule has 2 heterocycles. The Morgan fingerprint density at radius 2 is 1.79 bits per heavy atom. The molecule has 0 radical (unpaired) electrons. The van der Waals surface area contributed by atoms with Crippen LogP contribution in [0.25, 0.3) is 11.3 Å². The molecular formula is C25H20N6O2. The van der Waals surface area contributed by atoms with Gasteiger partial charge in [0.1, 0.15) is 11.6 Å². The van der Waals surface area contributed by atoms with Crippen LogP contribution < -0.4 is 15.4 Å². The van der Waals surface area contributed by atoms with Crippen LogP contribution in [-0.2, 0) is 6.42 Å². The molecule has 0 atom stereocenters. The van der Waals surface area contributed by atoms with Crippen LogP contribution >= 0.6 is 0 Å². The van der Waals surface area contributed by atoms with Gasteiger partial charge in [0.25, 0.3) is 0 Å². The first kappa shape index (κ1) is 21.5. The van der Waals surface area contributed by atoms with E-state index >= 15 is 0 Å². The highest BCUT2D eigenvalue weighted by atomic mass is 16.5. The van der Waals surface area contributed by atoms with Crippen molar-refractivity contribution in [1.29, 1.82) is 5.26 Å². The maximum Gasteiger partial charge on any atom is 0.323 e. The first-order chi connectivity index (χ1) is 16.1. The van der Waals surface area contributed by atoms with E-state index in [0.29, 0.717) is 28.6 Å². The minimum Gasteiger partial charge on any atom is -0.438 e. The largest absolute Gasteiger partial charge is 0.438 e. The number of carbonyl (C=O) groups is 1. The zero-order chi connectivity index (χ0) is 23.0. The van der Waals surface area contributed by atoms with Crippen molar-refractivity contribution in [2.24, 2.45) is 0 Å². The molecule has 0 aliphatic carbocycles. The van der Waals surface area contributed by atoms with Gasteiger partial charge in [-0.3, -0.25) is 0 Å². The Balaban J connectivity index is 1.44. The molecular weight excluding hydrogens is 416 g/mol. The predicted molar refractivity (Wildman–Crippen MR) is 125 cm³/mol. The van der Waals surface area contributed by atoms with Crippen molar-refractivity contribution < 1.29 is 9.53 Å². The van der Waals surface area contributed by atoms with Crippen molar-refractivity contribution >= 4 is 17.4 Å². The average molecular weight is 436 g/mol. The van der Waals surface area contributed by atoms with Crippen LogP contribution in [0.15, 0.2) is 79.1 Å². The standard InChI is InChI=1S/C25H20N6O2/c1-2-23-27-14-12-22(31-23)21-7-4-13-28-24(21)33-20-10-8-18(9-11-20)29-25(32)30-19-6-3-5-17(15-19)16-26/h3-15H,2H2,1H3,(H2,29,30,32). The molecule has 2 aromatic carbocycles. The summed E-state index contributed by atoms with van der Waals surface area (Å²) >= 11 is 0. The van der Waals surface area contributed by atoms with E-state index in [1.54, 1.807) is 60.9 Å². The van der Waals surface area contributed by atoms with Crippen molar-refractivity contribution in [2.75, 3.05) is 10.6 Å². The molecule has 0 bridgehead atoms. The van der Waals surface area contributed by atoms with E-state index in [1.165, 1.54) is 0 Å². The van der Waals surface area contributed by atoms with Gasteiger partial charge in [0.05, 0.1) is 22.9 Å². The van der Waals surface area contributed by atoms with E-state index in [2.05, 4.69) is 25.6 Å². The number of anilines is 2. The first-order valence-electron chi connectivity index (χ1n) is 10.3. The van der Waals surface area contributed by atoms with E-state index < -0.39 is 6.03 Å². The fraction of sp³-hybridized carbons (Fsp3) is 0.0800. The Bertz CT molecular complexity index is 1320. The van der Waals surface area contributed by atoms with E-state index in [0.717, 1.165) is 23.5 Å². The Kier molecular flexibility index (Phi) is 6.52. The topological polar surface area (TPSA) is 113 Å². The molecule has 33 heavy (non-hydrogen) atoms. The number of aromatic nitrogens is 3. The molecule has 0 aliphatic rings. The van der Waals surface area contributed by atoms with Crippen molar-refractivity contribution in [2.45, 2.75) is 13.3 Å². The number of urea groups is 1. The quantitative estimate of drug-likeness (QED) is 0.418. The smallest absolute Gasteiger partial charge is 0.323 e. The SMILES string of the molecule is CCc1nccc(-c2cccnc2Oc2ccc(NC(=O)Nc3cccc(C#N)c3)cc2)n1. The van der Waals surface area contributed by atoms with Gasteiger partial charge in [0, 0.05) is 30.2 Å². The Labute approximate surface area is 190 Å². The molecule has 0 aliphatic heterocycles. The lowest BCUT2D eigenvalue weighted by molar-refractivity contribution is 0.262. The molecule has 8 nitrogen and oxygen atoms in total. The summed E-state index contributed by atoms with van der Waals surface area (Å²) in [6.45, 7) is 2.00. The zero-order valence-corrected chi connectivity index (χ0v) is 17.8. The average Bonchev–Trinajstić information content (AvgIpc) is 2.85. The summed E-state index contributed by atoms with van der Waals surface area (Å²) in [4.78, 5) is 25.4. The number of nitrogens with one attached hydrogen (secondary N) is 2. The summed E-state index contributed by atoms with van der Waals surface area (Å²) in [5, 5.41) is 14.4. The number of ether oxygens (including phenoxy) is 1. The predicted octanol–water partition coefficient (Wildman–Crippen LogP) is 5.41. The van der Waals surface area contributed by atoms with E-state index in [9.17, 15) is 4.79 Å². The maximum atomic E-state index is 12.3. The van der Waals surface area contributed by atoms with Gasteiger partial charge in [-0.2, -0.15) is 5.26 Å². The molecule has 8 heteroatoms. The number of hydrogen-bond acceptors (Lipinski definition) is 6. The molecule has 2 amide bonds.